The summed E-state index contributed by atoms with van der Waals surface area (Å²) in [6.45, 7) is 7.56. The van der Waals surface area contributed by atoms with Gasteiger partial charge in [0.15, 0.2) is 0 Å². The first-order chi connectivity index (χ1) is 10.1. The van der Waals surface area contributed by atoms with Crippen molar-refractivity contribution in [2.24, 2.45) is 5.73 Å². The molecule has 0 aromatic rings. The van der Waals surface area contributed by atoms with Crippen LogP contribution >= 0.6 is 0 Å². The van der Waals surface area contributed by atoms with Crippen molar-refractivity contribution >= 4 is 11.9 Å². The summed E-state index contributed by atoms with van der Waals surface area (Å²) >= 11 is 0. The molecular weight excluding hydrogens is 282 g/mol. The zero-order valence-corrected chi connectivity index (χ0v) is 14.2. The van der Waals surface area contributed by atoms with Crippen molar-refractivity contribution < 1.29 is 9.59 Å². The predicted octanol–water partition coefficient (Wildman–Crippen LogP) is -0.328. The van der Waals surface area contributed by atoms with Crippen molar-refractivity contribution in [1.29, 1.82) is 0 Å². The first kappa shape index (κ1) is 17.2. The second-order valence-electron chi connectivity index (χ2n) is 7.54. The molecule has 3 N–H and O–H groups in total. The van der Waals surface area contributed by atoms with Gasteiger partial charge in [-0.3, -0.25) is 9.69 Å². The number of carbonyl (C=O) groups is 2. The van der Waals surface area contributed by atoms with E-state index in [2.05, 4.69) is 29.2 Å². The Bertz CT molecular complexity index is 436. The van der Waals surface area contributed by atoms with Gasteiger partial charge < -0.3 is 20.9 Å². The molecule has 0 aliphatic carbocycles. The molecule has 2 fully saturated rings. The fraction of sp³-hybridized carbons (Fsp3) is 0.867. The number of imide groups is 1. The van der Waals surface area contributed by atoms with Crippen molar-refractivity contribution in [3.63, 3.8) is 0 Å². The van der Waals surface area contributed by atoms with Gasteiger partial charge in [0.05, 0.1) is 0 Å². The molecule has 0 aromatic carbocycles. The summed E-state index contributed by atoms with van der Waals surface area (Å²) in [6.07, 6.45) is 1.35. The van der Waals surface area contributed by atoms with Crippen molar-refractivity contribution in [3.05, 3.63) is 0 Å². The van der Waals surface area contributed by atoms with Crippen molar-refractivity contribution in [2.75, 3.05) is 46.8 Å². The van der Waals surface area contributed by atoms with E-state index < -0.39 is 11.1 Å². The standard InChI is InChI=1S/C15H29N5O2/c1-14(2,16)11-20-12(21)15(17-13(20)22)5-7-19(8-6-15)10-9-18(3)4/h5-11,16H2,1-4H3,(H,17,22). The molecule has 0 bridgehead atoms. The number of nitrogens with zero attached hydrogens (tertiary/aromatic N) is 3. The van der Waals surface area contributed by atoms with Gasteiger partial charge in [-0.25, -0.2) is 4.79 Å². The minimum Gasteiger partial charge on any atom is -0.324 e. The lowest BCUT2D eigenvalue weighted by atomic mass is 9.87. The zero-order chi connectivity index (χ0) is 16.5. The highest BCUT2D eigenvalue weighted by molar-refractivity contribution is 6.07. The molecule has 3 amide bonds. The maximum atomic E-state index is 12.7. The molecule has 22 heavy (non-hydrogen) atoms. The van der Waals surface area contributed by atoms with Gasteiger partial charge in [0.1, 0.15) is 5.54 Å². The number of hydrogen-bond acceptors (Lipinski definition) is 5. The number of nitrogens with one attached hydrogen (secondary N) is 1. The highest BCUT2D eigenvalue weighted by atomic mass is 16.2. The summed E-state index contributed by atoms with van der Waals surface area (Å²) in [4.78, 5) is 30.6. The van der Waals surface area contributed by atoms with E-state index in [1.807, 2.05) is 13.8 Å². The molecular formula is C15H29N5O2. The zero-order valence-electron chi connectivity index (χ0n) is 14.2. The van der Waals surface area contributed by atoms with E-state index in [0.717, 1.165) is 26.2 Å². The maximum Gasteiger partial charge on any atom is 0.325 e. The molecule has 2 rings (SSSR count). The molecule has 0 radical (unpaired) electrons. The largest absolute Gasteiger partial charge is 0.325 e. The van der Waals surface area contributed by atoms with Gasteiger partial charge in [0, 0.05) is 38.3 Å². The van der Waals surface area contributed by atoms with Gasteiger partial charge in [-0.15, -0.1) is 0 Å². The minimum absolute atomic E-state index is 0.108. The van der Waals surface area contributed by atoms with Crippen LogP contribution in [0.2, 0.25) is 0 Å². The van der Waals surface area contributed by atoms with E-state index in [9.17, 15) is 9.59 Å². The molecule has 2 heterocycles. The predicted molar refractivity (Wildman–Crippen MR) is 85.5 cm³/mol. The molecule has 1 spiro atoms. The van der Waals surface area contributed by atoms with Crippen LogP contribution < -0.4 is 11.1 Å². The van der Waals surface area contributed by atoms with Crippen LogP contribution in [0.15, 0.2) is 0 Å². The Balaban J connectivity index is 1.96. The Kier molecular flexibility index (Phi) is 4.79. The average molecular weight is 311 g/mol. The first-order valence-electron chi connectivity index (χ1n) is 7.93. The number of hydrogen-bond donors (Lipinski definition) is 2. The fourth-order valence-corrected chi connectivity index (χ4v) is 3.07. The van der Waals surface area contributed by atoms with E-state index in [0.29, 0.717) is 12.8 Å². The topological polar surface area (TPSA) is 81.9 Å². The number of carbonyl (C=O) groups excluding carboxylic acids is 2. The minimum atomic E-state index is -0.711. The quantitative estimate of drug-likeness (QED) is 0.680. The second-order valence-corrected chi connectivity index (χ2v) is 7.54. The lowest BCUT2D eigenvalue weighted by Crippen LogP contribution is -2.56. The van der Waals surface area contributed by atoms with Crippen LogP contribution in [0.25, 0.3) is 0 Å². The molecule has 126 valence electrons. The Morgan fingerprint density at radius 1 is 1.27 bits per heavy atom. The number of likely N-dealkylation sites (tertiary alicyclic amines) is 1. The van der Waals surface area contributed by atoms with Crippen LogP contribution in [-0.4, -0.2) is 84.5 Å². The van der Waals surface area contributed by atoms with Crippen molar-refractivity contribution in [1.82, 2.24) is 20.0 Å². The Hall–Kier alpha value is -1.18. The van der Waals surface area contributed by atoms with Gasteiger partial charge in [0.25, 0.3) is 5.91 Å². The molecule has 7 heteroatoms. The fourth-order valence-electron chi connectivity index (χ4n) is 3.07. The van der Waals surface area contributed by atoms with Gasteiger partial charge >= 0.3 is 6.03 Å². The third-order valence-electron chi connectivity index (χ3n) is 4.38. The molecule has 2 saturated heterocycles. The van der Waals surface area contributed by atoms with Crippen LogP contribution in [0.1, 0.15) is 26.7 Å². The molecule has 2 aliphatic rings. The molecule has 0 unspecified atom stereocenters. The number of likely N-dealkylation sites (N-methyl/N-ethyl adjacent to an activating group) is 1. The highest BCUT2D eigenvalue weighted by Crippen LogP contribution is 2.30. The number of piperidine rings is 1. The lowest BCUT2D eigenvalue weighted by molar-refractivity contribution is -0.133. The highest BCUT2D eigenvalue weighted by Gasteiger charge is 2.52. The molecule has 0 aromatic heterocycles. The Labute approximate surface area is 132 Å². The number of urea groups is 1. The number of rotatable bonds is 5. The second kappa shape index (κ2) is 6.14. The van der Waals surface area contributed by atoms with Crippen LogP contribution in [-0.2, 0) is 4.79 Å². The van der Waals surface area contributed by atoms with Crippen molar-refractivity contribution in [3.8, 4) is 0 Å². The molecule has 0 atom stereocenters. The number of nitrogens with two attached hydrogens (primary N) is 1. The molecule has 7 nitrogen and oxygen atoms in total. The van der Waals surface area contributed by atoms with Crippen molar-refractivity contribution in [2.45, 2.75) is 37.8 Å². The maximum absolute atomic E-state index is 12.7. The van der Waals surface area contributed by atoms with Crippen LogP contribution in [0.3, 0.4) is 0 Å². The summed E-state index contributed by atoms with van der Waals surface area (Å²) in [5.74, 6) is -0.108. The van der Waals surface area contributed by atoms with Gasteiger partial charge in [-0.05, 0) is 40.8 Å². The average Bonchev–Trinajstić information content (AvgIpc) is 2.61. The number of amides is 3. The monoisotopic (exact) mass is 311 g/mol. The smallest absolute Gasteiger partial charge is 0.324 e. The van der Waals surface area contributed by atoms with Crippen LogP contribution in [0, 0.1) is 0 Å². The summed E-state index contributed by atoms with van der Waals surface area (Å²) in [5.41, 5.74) is 4.67. The molecule has 0 saturated carbocycles. The van der Waals surface area contributed by atoms with E-state index in [1.54, 1.807) is 0 Å². The summed E-state index contributed by atoms with van der Waals surface area (Å²) in [7, 11) is 4.11. The summed E-state index contributed by atoms with van der Waals surface area (Å²) in [5, 5.41) is 2.92. The van der Waals surface area contributed by atoms with Crippen LogP contribution in [0.5, 0.6) is 0 Å². The lowest BCUT2D eigenvalue weighted by Gasteiger charge is -2.37. The SMILES string of the molecule is CN(C)CCN1CCC2(CC1)NC(=O)N(CC(C)(C)N)C2=O. The van der Waals surface area contributed by atoms with E-state index >= 15 is 0 Å². The molecule has 2 aliphatic heterocycles. The van der Waals surface area contributed by atoms with Gasteiger partial charge in [0.2, 0.25) is 0 Å². The summed E-state index contributed by atoms with van der Waals surface area (Å²) in [6, 6.07) is -0.301. The third-order valence-corrected chi connectivity index (χ3v) is 4.38. The van der Waals surface area contributed by atoms with Crippen LogP contribution in [0.4, 0.5) is 4.79 Å². The first-order valence-corrected chi connectivity index (χ1v) is 7.93. The van der Waals surface area contributed by atoms with Gasteiger partial charge in [-0.1, -0.05) is 0 Å². The summed E-state index contributed by atoms with van der Waals surface area (Å²) < 4.78 is 0. The van der Waals surface area contributed by atoms with E-state index in [-0.39, 0.29) is 18.5 Å². The van der Waals surface area contributed by atoms with E-state index in [1.165, 1.54) is 4.90 Å². The normalized spacial score (nSPS) is 22.7. The Morgan fingerprint density at radius 3 is 2.36 bits per heavy atom. The third kappa shape index (κ3) is 3.77. The van der Waals surface area contributed by atoms with E-state index in [4.69, 9.17) is 5.73 Å². The Morgan fingerprint density at radius 2 is 1.86 bits per heavy atom. The van der Waals surface area contributed by atoms with Gasteiger partial charge in [-0.2, -0.15) is 0 Å².